The average Bonchev–Trinajstić information content (AvgIpc) is 3.21. The van der Waals surface area contributed by atoms with Crippen LogP contribution in [0, 0.1) is 6.92 Å². The summed E-state index contributed by atoms with van der Waals surface area (Å²) < 4.78 is 11.8. The molecule has 0 spiro atoms. The van der Waals surface area contributed by atoms with Crippen molar-refractivity contribution >= 4 is 34.3 Å². The predicted molar refractivity (Wildman–Crippen MR) is 126 cm³/mol. The van der Waals surface area contributed by atoms with Gasteiger partial charge in [0.15, 0.2) is 10.9 Å². The third-order valence-electron chi connectivity index (χ3n) is 5.80. The van der Waals surface area contributed by atoms with E-state index in [0.717, 1.165) is 35.0 Å². The molecule has 0 radical (unpaired) electrons. The van der Waals surface area contributed by atoms with Gasteiger partial charge in [0.25, 0.3) is 5.91 Å². The van der Waals surface area contributed by atoms with Gasteiger partial charge >= 0.3 is 0 Å². The number of furan rings is 1. The molecule has 3 heterocycles. The fourth-order valence-electron chi connectivity index (χ4n) is 4.25. The molecular weight excluding hydrogens is 422 g/mol. The van der Waals surface area contributed by atoms with Gasteiger partial charge in [0.1, 0.15) is 11.3 Å². The van der Waals surface area contributed by atoms with Crippen LogP contribution in [0.25, 0.3) is 11.0 Å². The van der Waals surface area contributed by atoms with Gasteiger partial charge in [0.05, 0.1) is 12.8 Å². The number of benzene rings is 2. The number of aryl methyl sites for hydroxylation is 1. The molecule has 1 aliphatic heterocycles. The first-order valence-electron chi connectivity index (χ1n) is 10.6. The molecule has 0 fully saturated rings. The van der Waals surface area contributed by atoms with Gasteiger partial charge in [-0.2, -0.15) is 0 Å². The summed E-state index contributed by atoms with van der Waals surface area (Å²) in [6.45, 7) is 2.70. The summed E-state index contributed by atoms with van der Waals surface area (Å²) in [4.78, 5) is 24.3. The molecule has 0 N–H and O–H groups in total. The number of hydrogen-bond acceptors (Lipinski definition) is 6. The molecule has 2 aromatic heterocycles. The van der Waals surface area contributed by atoms with Crippen LogP contribution in [0.3, 0.4) is 0 Å². The van der Waals surface area contributed by atoms with Crippen molar-refractivity contribution in [1.82, 2.24) is 9.97 Å². The number of rotatable bonds is 5. The Morgan fingerprint density at radius 2 is 1.97 bits per heavy atom. The third kappa shape index (κ3) is 3.62. The van der Waals surface area contributed by atoms with Crippen molar-refractivity contribution in [3.05, 3.63) is 77.3 Å². The van der Waals surface area contributed by atoms with Gasteiger partial charge in [-0.3, -0.25) is 4.79 Å². The van der Waals surface area contributed by atoms with Crippen LogP contribution in [0.4, 0.5) is 5.69 Å². The number of aromatic nitrogens is 2. The molecule has 0 bridgehead atoms. The predicted octanol–water partition coefficient (Wildman–Crippen LogP) is 5.43. The first-order valence-corrected chi connectivity index (χ1v) is 11.5. The van der Waals surface area contributed by atoms with Crippen molar-refractivity contribution in [1.29, 1.82) is 0 Å². The summed E-state index contributed by atoms with van der Waals surface area (Å²) >= 11 is 1.49. The Balaban J connectivity index is 1.57. The molecule has 7 heteroatoms. The largest absolute Gasteiger partial charge is 0.495 e. The maximum Gasteiger partial charge on any atom is 0.294 e. The molecule has 2 aromatic carbocycles. The molecule has 0 unspecified atom stereocenters. The van der Waals surface area contributed by atoms with Crippen LogP contribution in [0.2, 0.25) is 0 Å². The van der Waals surface area contributed by atoms with Gasteiger partial charge in [-0.05, 0) is 49.1 Å². The maximum atomic E-state index is 13.9. The molecule has 0 saturated carbocycles. The molecule has 6 nitrogen and oxygen atoms in total. The standard InChI is InChI=1S/C25H23N3O3S/c1-16-10-11-21(30-2)22-17(16)8-5-14-28(22)24(29)23-19(15-32-25-26-12-6-13-27-25)18-7-3-4-9-20(18)31-23/h3-4,6-7,9-13H,5,8,14-15H2,1-2H3. The Kier molecular flexibility index (Phi) is 5.57. The lowest BCUT2D eigenvalue weighted by Gasteiger charge is -2.31. The molecule has 162 valence electrons. The summed E-state index contributed by atoms with van der Waals surface area (Å²) in [5, 5.41) is 1.60. The minimum atomic E-state index is -0.143. The topological polar surface area (TPSA) is 68.5 Å². The highest BCUT2D eigenvalue weighted by Gasteiger charge is 2.32. The number of para-hydroxylation sites is 1. The van der Waals surface area contributed by atoms with Crippen LogP contribution in [-0.2, 0) is 12.2 Å². The summed E-state index contributed by atoms with van der Waals surface area (Å²) in [6.07, 6.45) is 5.26. The molecule has 1 amide bonds. The third-order valence-corrected chi connectivity index (χ3v) is 6.71. The van der Waals surface area contributed by atoms with Crippen LogP contribution < -0.4 is 9.64 Å². The molecule has 1 aliphatic rings. The molecule has 0 saturated heterocycles. The zero-order chi connectivity index (χ0) is 22.1. The summed E-state index contributed by atoms with van der Waals surface area (Å²) in [5.41, 5.74) is 4.75. The van der Waals surface area contributed by atoms with Crippen molar-refractivity contribution < 1.29 is 13.9 Å². The number of ether oxygens (including phenoxy) is 1. The minimum absolute atomic E-state index is 0.143. The second kappa shape index (κ2) is 8.67. The van der Waals surface area contributed by atoms with E-state index >= 15 is 0 Å². The van der Waals surface area contributed by atoms with Crippen LogP contribution in [0.5, 0.6) is 5.75 Å². The fourth-order valence-corrected chi connectivity index (χ4v) is 5.09. The van der Waals surface area contributed by atoms with E-state index in [-0.39, 0.29) is 5.91 Å². The molecular formula is C25H23N3O3S. The van der Waals surface area contributed by atoms with E-state index < -0.39 is 0 Å². The number of carbonyl (C=O) groups excluding carboxylic acids is 1. The van der Waals surface area contributed by atoms with Gasteiger partial charge in [-0.25, -0.2) is 9.97 Å². The number of nitrogens with zero attached hydrogens (tertiary/aromatic N) is 3. The average molecular weight is 446 g/mol. The van der Waals surface area contributed by atoms with E-state index in [2.05, 4.69) is 23.0 Å². The van der Waals surface area contributed by atoms with Crippen molar-refractivity contribution in [2.75, 3.05) is 18.6 Å². The molecule has 5 rings (SSSR count). The Morgan fingerprint density at radius 1 is 1.16 bits per heavy atom. The van der Waals surface area contributed by atoms with Gasteiger partial charge in [0.2, 0.25) is 0 Å². The second-order valence-corrected chi connectivity index (χ2v) is 8.64. The maximum absolute atomic E-state index is 13.9. The van der Waals surface area contributed by atoms with Crippen LogP contribution in [-0.4, -0.2) is 29.5 Å². The van der Waals surface area contributed by atoms with Gasteiger partial charge in [-0.1, -0.05) is 36.0 Å². The van der Waals surface area contributed by atoms with Crippen molar-refractivity contribution in [2.45, 2.75) is 30.7 Å². The van der Waals surface area contributed by atoms with Crippen molar-refractivity contribution in [2.24, 2.45) is 0 Å². The van der Waals surface area contributed by atoms with E-state index in [1.807, 2.05) is 35.2 Å². The Labute approximate surface area is 190 Å². The molecule has 0 aliphatic carbocycles. The lowest BCUT2D eigenvalue weighted by atomic mass is 9.96. The normalized spacial score (nSPS) is 13.2. The monoisotopic (exact) mass is 445 g/mol. The van der Waals surface area contributed by atoms with Crippen LogP contribution in [0.15, 0.2) is 64.4 Å². The first kappa shape index (κ1) is 20.6. The van der Waals surface area contributed by atoms with Crippen LogP contribution in [0.1, 0.15) is 33.7 Å². The highest BCUT2D eigenvalue weighted by atomic mass is 32.2. The number of amides is 1. The Bertz CT molecular complexity index is 1290. The summed E-state index contributed by atoms with van der Waals surface area (Å²) in [6, 6.07) is 13.5. The highest BCUT2D eigenvalue weighted by Crippen LogP contribution is 2.40. The second-order valence-electron chi connectivity index (χ2n) is 7.70. The number of anilines is 1. The van der Waals surface area contributed by atoms with E-state index in [4.69, 9.17) is 9.15 Å². The molecule has 32 heavy (non-hydrogen) atoms. The van der Waals surface area contributed by atoms with E-state index in [0.29, 0.717) is 34.5 Å². The van der Waals surface area contributed by atoms with Gasteiger partial charge in [0, 0.05) is 35.6 Å². The number of hydrogen-bond donors (Lipinski definition) is 0. The van der Waals surface area contributed by atoms with E-state index in [9.17, 15) is 4.79 Å². The van der Waals surface area contributed by atoms with Gasteiger partial charge in [-0.15, -0.1) is 0 Å². The highest BCUT2D eigenvalue weighted by molar-refractivity contribution is 7.98. The number of methoxy groups -OCH3 is 1. The molecule has 0 atom stereocenters. The van der Waals surface area contributed by atoms with E-state index in [1.165, 1.54) is 17.3 Å². The van der Waals surface area contributed by atoms with Gasteiger partial charge < -0.3 is 14.1 Å². The lowest BCUT2D eigenvalue weighted by Crippen LogP contribution is -2.36. The number of fused-ring (bicyclic) bond motifs is 2. The minimum Gasteiger partial charge on any atom is -0.495 e. The van der Waals surface area contributed by atoms with Crippen molar-refractivity contribution in [3.63, 3.8) is 0 Å². The Morgan fingerprint density at radius 3 is 2.78 bits per heavy atom. The first-order chi connectivity index (χ1) is 15.7. The quantitative estimate of drug-likeness (QED) is 0.302. The number of thioether (sulfide) groups is 1. The molecule has 4 aromatic rings. The van der Waals surface area contributed by atoms with E-state index in [1.54, 1.807) is 25.6 Å². The summed E-state index contributed by atoms with van der Waals surface area (Å²) in [7, 11) is 1.64. The summed E-state index contributed by atoms with van der Waals surface area (Å²) in [5.74, 6) is 1.47. The SMILES string of the molecule is COc1ccc(C)c2c1N(C(=O)c1oc3ccccc3c1CSc1ncccn1)CCC2. The fraction of sp³-hybridized carbons (Fsp3) is 0.240. The van der Waals surface area contributed by atoms with Crippen LogP contribution >= 0.6 is 11.8 Å². The Hall–Kier alpha value is -3.32. The lowest BCUT2D eigenvalue weighted by molar-refractivity contribution is 0.0959. The smallest absolute Gasteiger partial charge is 0.294 e. The van der Waals surface area contributed by atoms with Crippen molar-refractivity contribution in [3.8, 4) is 5.75 Å². The number of carbonyl (C=O) groups is 1. The zero-order valence-corrected chi connectivity index (χ0v) is 18.8. The zero-order valence-electron chi connectivity index (χ0n) is 18.0.